The third-order valence-corrected chi connectivity index (χ3v) is 2.33. The maximum Gasteiger partial charge on any atom is 0.361 e. The highest BCUT2D eigenvalue weighted by Gasteiger charge is 2.50. The van der Waals surface area contributed by atoms with E-state index in [0.29, 0.717) is 18.7 Å². The predicted molar refractivity (Wildman–Crippen MR) is 51.2 cm³/mol. The standard InChI is InChI=1S/C5H8N2O7S2/c1-15(9,10)13-5(14-16(2,11)12)4(8)3-6-7-5/h3,7H,1-2H3. The third kappa shape index (κ3) is 3.23. The summed E-state index contributed by atoms with van der Waals surface area (Å²) in [6, 6.07) is 0. The maximum atomic E-state index is 11.3. The van der Waals surface area contributed by atoms with E-state index in [1.165, 1.54) is 0 Å². The molecule has 0 atom stereocenters. The Kier molecular flexibility index (Phi) is 3.06. The van der Waals surface area contributed by atoms with Crippen LogP contribution in [0.15, 0.2) is 5.10 Å². The summed E-state index contributed by atoms with van der Waals surface area (Å²) in [5, 5.41) is 3.18. The topological polar surface area (TPSA) is 128 Å². The molecule has 0 spiro atoms. The van der Waals surface area contributed by atoms with Crippen LogP contribution in [-0.2, 0) is 33.4 Å². The summed E-state index contributed by atoms with van der Waals surface area (Å²) in [4.78, 5) is 11.3. The Morgan fingerprint density at radius 2 is 1.62 bits per heavy atom. The highest BCUT2D eigenvalue weighted by Crippen LogP contribution is 2.19. The van der Waals surface area contributed by atoms with Crippen molar-refractivity contribution >= 4 is 32.2 Å². The molecule has 0 aromatic rings. The van der Waals surface area contributed by atoms with E-state index >= 15 is 0 Å². The van der Waals surface area contributed by atoms with Gasteiger partial charge in [-0.1, -0.05) is 0 Å². The van der Waals surface area contributed by atoms with E-state index in [2.05, 4.69) is 13.5 Å². The summed E-state index contributed by atoms with van der Waals surface area (Å²) in [5.74, 6) is -3.75. The number of ketones is 1. The number of hydrogen-bond acceptors (Lipinski definition) is 9. The maximum absolute atomic E-state index is 11.3. The van der Waals surface area contributed by atoms with Crippen LogP contribution in [0.3, 0.4) is 0 Å². The molecule has 0 aliphatic carbocycles. The van der Waals surface area contributed by atoms with Crippen LogP contribution in [0.5, 0.6) is 0 Å². The molecule has 1 heterocycles. The van der Waals surface area contributed by atoms with Crippen molar-refractivity contribution in [2.24, 2.45) is 5.10 Å². The zero-order valence-corrected chi connectivity index (χ0v) is 9.83. The van der Waals surface area contributed by atoms with E-state index in [-0.39, 0.29) is 0 Å². The molecule has 1 rings (SSSR count). The minimum atomic E-state index is -4.12. The normalized spacial score (nSPS) is 19.8. The highest BCUT2D eigenvalue weighted by molar-refractivity contribution is 7.86. The molecular formula is C5H8N2O7S2. The highest BCUT2D eigenvalue weighted by atomic mass is 32.2. The van der Waals surface area contributed by atoms with E-state index in [0.717, 1.165) is 0 Å². The molecule has 0 radical (unpaired) electrons. The van der Waals surface area contributed by atoms with Gasteiger partial charge >= 0.3 is 5.91 Å². The van der Waals surface area contributed by atoms with Gasteiger partial charge in [0, 0.05) is 0 Å². The average Bonchev–Trinajstić information content (AvgIpc) is 2.24. The van der Waals surface area contributed by atoms with Crippen LogP contribution in [0.4, 0.5) is 0 Å². The van der Waals surface area contributed by atoms with Gasteiger partial charge < -0.3 is 0 Å². The monoisotopic (exact) mass is 272 g/mol. The Hall–Kier alpha value is -1.04. The largest absolute Gasteiger partial charge is 0.361 e. The molecule has 9 nitrogen and oxygen atoms in total. The van der Waals surface area contributed by atoms with Crippen molar-refractivity contribution < 1.29 is 30.0 Å². The van der Waals surface area contributed by atoms with Gasteiger partial charge in [-0.25, -0.2) is 13.8 Å². The summed E-state index contributed by atoms with van der Waals surface area (Å²) in [6.45, 7) is 0. The van der Waals surface area contributed by atoms with Gasteiger partial charge in [0.2, 0.25) is 0 Å². The minimum absolute atomic E-state index is 0.633. The van der Waals surface area contributed by atoms with Crippen molar-refractivity contribution in [2.45, 2.75) is 5.91 Å². The van der Waals surface area contributed by atoms with Gasteiger partial charge in [0.25, 0.3) is 26.0 Å². The van der Waals surface area contributed by atoms with Crippen molar-refractivity contribution in [3.05, 3.63) is 0 Å². The van der Waals surface area contributed by atoms with Crippen molar-refractivity contribution in [1.29, 1.82) is 0 Å². The fourth-order valence-corrected chi connectivity index (χ4v) is 2.08. The van der Waals surface area contributed by atoms with Crippen LogP contribution in [-0.4, -0.2) is 47.3 Å². The first kappa shape index (κ1) is 13.0. The molecule has 0 fully saturated rings. The van der Waals surface area contributed by atoms with E-state index < -0.39 is 31.9 Å². The molecule has 0 aromatic heterocycles. The van der Waals surface area contributed by atoms with Crippen molar-refractivity contribution in [1.82, 2.24) is 5.43 Å². The van der Waals surface area contributed by atoms with E-state index in [4.69, 9.17) is 0 Å². The lowest BCUT2D eigenvalue weighted by molar-refractivity contribution is -0.159. The second kappa shape index (κ2) is 3.76. The molecule has 0 unspecified atom stereocenters. The zero-order valence-electron chi connectivity index (χ0n) is 8.20. The van der Waals surface area contributed by atoms with Crippen molar-refractivity contribution in [3.8, 4) is 0 Å². The molecule has 1 N–H and O–H groups in total. The van der Waals surface area contributed by atoms with Crippen LogP contribution in [0.25, 0.3) is 0 Å². The smallest absolute Gasteiger partial charge is 0.284 e. The SMILES string of the molecule is CS(=O)(=O)OC1(OS(C)(=O)=O)NN=CC1=O. The predicted octanol–water partition coefficient (Wildman–Crippen LogP) is -2.25. The number of hydrogen-bond donors (Lipinski definition) is 1. The third-order valence-electron chi connectivity index (χ3n) is 1.26. The molecule has 11 heteroatoms. The van der Waals surface area contributed by atoms with E-state index in [9.17, 15) is 21.6 Å². The lowest BCUT2D eigenvalue weighted by Gasteiger charge is -2.23. The Morgan fingerprint density at radius 3 is 1.88 bits per heavy atom. The lowest BCUT2D eigenvalue weighted by atomic mass is 10.3. The van der Waals surface area contributed by atoms with Gasteiger partial charge in [0.15, 0.2) is 0 Å². The Labute approximate surface area is 91.7 Å². The fraction of sp³-hybridized carbons (Fsp3) is 0.600. The zero-order chi connectivity index (χ0) is 12.6. The molecule has 1 aliphatic heterocycles. The molecule has 0 saturated carbocycles. The van der Waals surface area contributed by atoms with Gasteiger partial charge in [-0.3, -0.25) is 4.79 Å². The molecule has 92 valence electrons. The summed E-state index contributed by atoms with van der Waals surface area (Å²) < 4.78 is 52.0. The molecule has 0 amide bonds. The lowest BCUT2D eigenvalue weighted by Crippen LogP contribution is -2.53. The van der Waals surface area contributed by atoms with Gasteiger partial charge in [0.05, 0.1) is 18.7 Å². The minimum Gasteiger partial charge on any atom is -0.284 e. The quantitative estimate of drug-likeness (QED) is 0.449. The van der Waals surface area contributed by atoms with E-state index in [1.807, 2.05) is 5.43 Å². The van der Waals surface area contributed by atoms with E-state index in [1.54, 1.807) is 0 Å². The average molecular weight is 272 g/mol. The molecule has 1 aliphatic rings. The number of Topliss-reactive ketones (excluding diaryl/α,β-unsaturated/α-hetero) is 1. The number of nitrogens with one attached hydrogen (secondary N) is 1. The van der Waals surface area contributed by atoms with Crippen LogP contribution in [0.1, 0.15) is 0 Å². The first-order chi connectivity index (χ1) is 7.04. The number of rotatable bonds is 4. The second-order valence-corrected chi connectivity index (χ2v) is 6.08. The summed E-state index contributed by atoms with van der Waals surface area (Å²) >= 11 is 0. The summed E-state index contributed by atoms with van der Waals surface area (Å²) in [6.07, 6.45) is 1.91. The van der Waals surface area contributed by atoms with Crippen LogP contribution >= 0.6 is 0 Å². The first-order valence-electron chi connectivity index (χ1n) is 3.70. The number of nitrogens with zero attached hydrogens (tertiary/aromatic N) is 1. The molecule has 0 aromatic carbocycles. The van der Waals surface area contributed by atoms with Crippen molar-refractivity contribution in [2.75, 3.05) is 12.5 Å². The first-order valence-corrected chi connectivity index (χ1v) is 7.33. The number of carbonyl (C=O) groups excluding carboxylic acids is 1. The Balaban J connectivity index is 3.10. The van der Waals surface area contributed by atoms with Gasteiger partial charge in [0.1, 0.15) is 0 Å². The molecule has 0 saturated heterocycles. The number of carbonyl (C=O) groups is 1. The Bertz CT molecular complexity index is 497. The number of hydrazone groups is 1. The van der Waals surface area contributed by atoms with Crippen LogP contribution in [0, 0.1) is 0 Å². The van der Waals surface area contributed by atoms with Crippen LogP contribution in [0.2, 0.25) is 0 Å². The van der Waals surface area contributed by atoms with Crippen molar-refractivity contribution in [3.63, 3.8) is 0 Å². The Morgan fingerprint density at radius 1 is 1.19 bits per heavy atom. The van der Waals surface area contributed by atoms with Gasteiger partial charge in [-0.15, -0.1) is 0 Å². The summed E-state index contributed by atoms with van der Waals surface area (Å²) in [5.41, 5.74) is 1.85. The molecule has 16 heavy (non-hydrogen) atoms. The van der Waals surface area contributed by atoms with Gasteiger partial charge in [-0.05, 0) is 0 Å². The molecular weight excluding hydrogens is 264 g/mol. The summed E-state index contributed by atoms with van der Waals surface area (Å²) in [7, 11) is -8.25. The fourth-order valence-electron chi connectivity index (χ4n) is 0.876. The van der Waals surface area contributed by atoms with Gasteiger partial charge in [-0.2, -0.15) is 21.9 Å². The molecule has 0 bridgehead atoms. The van der Waals surface area contributed by atoms with Crippen LogP contribution < -0.4 is 5.43 Å². The second-order valence-electron chi connectivity index (χ2n) is 2.93.